The van der Waals surface area contributed by atoms with Gasteiger partial charge in [-0.1, -0.05) is 33.8 Å². The van der Waals surface area contributed by atoms with Crippen LogP contribution >= 0.6 is 11.3 Å². The summed E-state index contributed by atoms with van der Waals surface area (Å²) in [6, 6.07) is 7.63. The maximum atomic E-state index is 14.6. The summed E-state index contributed by atoms with van der Waals surface area (Å²) in [4.78, 5) is 70.0. The summed E-state index contributed by atoms with van der Waals surface area (Å²) in [5, 5.41) is 8.24. The van der Waals surface area contributed by atoms with Crippen molar-refractivity contribution in [2.24, 2.45) is 16.7 Å². The number of hydrogen-bond acceptors (Lipinski definition) is 11. The number of aryl methyl sites for hydroxylation is 1. The largest absolute Gasteiger partial charge is 0.464 e. The van der Waals surface area contributed by atoms with Gasteiger partial charge in [0.15, 0.2) is 0 Å². The minimum absolute atomic E-state index is 0.0811. The molecule has 4 aliphatic heterocycles. The van der Waals surface area contributed by atoms with Gasteiger partial charge in [-0.3, -0.25) is 24.4 Å². The monoisotopic (exact) mass is 896 g/mol. The number of thiazole rings is 1. The number of amides is 4. The minimum atomic E-state index is -1.04. The lowest BCUT2D eigenvalue weighted by Gasteiger charge is -2.53. The Morgan fingerprint density at radius 1 is 1.12 bits per heavy atom. The molecule has 64 heavy (non-hydrogen) atoms. The van der Waals surface area contributed by atoms with Gasteiger partial charge in [0, 0.05) is 104 Å². The van der Waals surface area contributed by atoms with Crippen molar-refractivity contribution in [3.05, 3.63) is 58.2 Å². The van der Waals surface area contributed by atoms with Crippen molar-refractivity contribution in [1.29, 1.82) is 0 Å². The van der Waals surface area contributed by atoms with Gasteiger partial charge in [-0.2, -0.15) is 0 Å². The van der Waals surface area contributed by atoms with Gasteiger partial charge < -0.3 is 33.9 Å². The van der Waals surface area contributed by atoms with E-state index in [1.807, 2.05) is 32.2 Å². The van der Waals surface area contributed by atoms with E-state index in [4.69, 9.17) is 24.2 Å². The molecule has 1 spiro atoms. The van der Waals surface area contributed by atoms with E-state index < -0.39 is 35.4 Å². The molecule has 6 bridgehead atoms. The Balaban J connectivity index is 1.15. The second-order valence-corrected chi connectivity index (χ2v) is 20.3. The first kappa shape index (κ1) is 45.7. The number of benzene rings is 1. The van der Waals surface area contributed by atoms with E-state index in [0.717, 1.165) is 57.5 Å². The molecule has 3 fully saturated rings. The summed E-state index contributed by atoms with van der Waals surface area (Å²) in [5.41, 5.74) is 9.49. The number of nitrogens with one attached hydrogen (secondary N) is 2. The van der Waals surface area contributed by atoms with E-state index in [1.165, 1.54) is 21.2 Å². The molecule has 0 unspecified atom stereocenters. The van der Waals surface area contributed by atoms with Gasteiger partial charge in [-0.15, -0.1) is 11.3 Å². The van der Waals surface area contributed by atoms with Gasteiger partial charge in [0.2, 0.25) is 5.91 Å². The number of likely N-dealkylation sites (N-methyl/N-ethyl adjacent to an activating group) is 1. The van der Waals surface area contributed by atoms with Crippen LogP contribution in [0.15, 0.2) is 41.9 Å². The molecule has 4 amide bonds. The summed E-state index contributed by atoms with van der Waals surface area (Å²) >= 11 is 1.43. The number of esters is 1. The summed E-state index contributed by atoms with van der Waals surface area (Å²) in [6.45, 7) is 16.0. The summed E-state index contributed by atoms with van der Waals surface area (Å²) in [5.74, 6) is -1.50. The lowest BCUT2D eigenvalue weighted by Crippen LogP contribution is -2.65. The second kappa shape index (κ2) is 18.5. The first-order valence-corrected chi connectivity index (χ1v) is 23.7. The van der Waals surface area contributed by atoms with Crippen LogP contribution in [-0.2, 0) is 48.0 Å². The molecule has 4 aliphatic rings. The molecule has 4 atom stereocenters. The molecule has 16 heteroatoms. The maximum Gasteiger partial charge on any atom is 0.324 e. The molecule has 4 aromatic rings. The van der Waals surface area contributed by atoms with Crippen LogP contribution in [0.5, 0.6) is 0 Å². The number of hydrazine groups is 1. The van der Waals surface area contributed by atoms with Crippen LogP contribution in [0, 0.1) is 16.7 Å². The van der Waals surface area contributed by atoms with Crippen LogP contribution in [0.25, 0.3) is 33.4 Å². The zero-order valence-corrected chi connectivity index (χ0v) is 39.4. The first-order valence-electron chi connectivity index (χ1n) is 22.8. The Kier molecular flexibility index (Phi) is 13.2. The highest BCUT2D eigenvalue weighted by molar-refractivity contribution is 7.10. The predicted molar refractivity (Wildman–Crippen MR) is 245 cm³/mol. The van der Waals surface area contributed by atoms with E-state index in [2.05, 4.69) is 60.3 Å². The molecule has 0 aliphatic carbocycles. The number of ether oxygens (including phenoxy) is 3. The zero-order chi connectivity index (χ0) is 45.5. The SMILES string of the molecule is CCn1c(-c2cccnc2[C@H](C)OC)c2c3cc(ccc31)-c1csc(n1)C[C@H](NC(=O)[C@H](C(C)C)N(C)C(=O)N1CC3(CCOCC3)C1)C(=O)N1CCC[C@H](N1)C(=O)OCC(C)(C)C2. The number of rotatable bonds is 8. The van der Waals surface area contributed by atoms with Crippen molar-refractivity contribution in [3.63, 3.8) is 0 Å². The van der Waals surface area contributed by atoms with Crippen molar-refractivity contribution < 1.29 is 33.4 Å². The molecular formula is C48H64N8O7S. The number of carbonyl (C=O) groups is 4. The van der Waals surface area contributed by atoms with Crippen molar-refractivity contribution >= 4 is 46.1 Å². The number of hydrogen-bond donors (Lipinski definition) is 2. The fourth-order valence-corrected chi connectivity index (χ4v) is 11.0. The Morgan fingerprint density at radius 3 is 2.61 bits per heavy atom. The van der Waals surface area contributed by atoms with E-state index in [0.29, 0.717) is 63.7 Å². The van der Waals surface area contributed by atoms with Gasteiger partial charge in [-0.05, 0) is 81.7 Å². The van der Waals surface area contributed by atoms with Crippen molar-refractivity contribution in [2.75, 3.05) is 53.6 Å². The number of pyridine rings is 1. The third-order valence-electron chi connectivity index (χ3n) is 13.7. The molecule has 8 rings (SSSR count). The van der Waals surface area contributed by atoms with Gasteiger partial charge >= 0.3 is 12.0 Å². The average molecular weight is 897 g/mol. The summed E-state index contributed by atoms with van der Waals surface area (Å²) in [7, 11) is 3.36. The van der Waals surface area contributed by atoms with E-state index in [9.17, 15) is 19.2 Å². The zero-order valence-electron chi connectivity index (χ0n) is 38.6. The van der Waals surface area contributed by atoms with E-state index >= 15 is 0 Å². The lowest BCUT2D eigenvalue weighted by molar-refractivity contribution is -0.155. The smallest absolute Gasteiger partial charge is 0.324 e. The topological polar surface area (TPSA) is 160 Å². The molecule has 0 radical (unpaired) electrons. The molecular weight excluding hydrogens is 833 g/mol. The molecule has 2 N–H and O–H groups in total. The Morgan fingerprint density at radius 2 is 1.89 bits per heavy atom. The molecule has 344 valence electrons. The fourth-order valence-electron chi connectivity index (χ4n) is 10.1. The summed E-state index contributed by atoms with van der Waals surface area (Å²) < 4.78 is 19.8. The Bertz CT molecular complexity index is 2380. The molecule has 15 nitrogen and oxygen atoms in total. The highest BCUT2D eigenvalue weighted by Gasteiger charge is 2.48. The Hall–Kier alpha value is -4.90. The number of urea groups is 1. The quantitative estimate of drug-likeness (QED) is 0.190. The van der Waals surface area contributed by atoms with Gasteiger partial charge in [-0.25, -0.2) is 15.2 Å². The van der Waals surface area contributed by atoms with Crippen molar-refractivity contribution in [3.8, 4) is 22.5 Å². The standard InChI is InChI=1S/C48H64N8O7S/c1-9-55-38-15-14-31-22-33(38)34(42(55)32-12-10-18-49-40(32)30(4)61-8)24-47(5,6)28-63-45(59)35-13-11-19-56(52-35)44(58)36(23-39-50-37(31)25-64-39)51-43(57)41(29(2)3)53(7)46(60)54-26-48(27-54)16-20-62-21-17-48/h10,12,14-15,18,22,25,29-30,35-36,41,52H,9,11,13,16-17,19-21,23-24,26-28H2,1-8H3,(H,51,57)/t30-,35-,36-,41-/m0/s1. The molecule has 3 saturated heterocycles. The first-order chi connectivity index (χ1) is 30.6. The third kappa shape index (κ3) is 9.03. The number of methoxy groups -OCH3 is 1. The number of likely N-dealkylation sites (tertiary alicyclic amines) is 1. The number of cyclic esters (lactones) is 1. The number of aromatic nitrogens is 3. The maximum absolute atomic E-state index is 14.6. The van der Waals surface area contributed by atoms with Crippen LogP contribution in [0.1, 0.15) is 89.6 Å². The van der Waals surface area contributed by atoms with Crippen LogP contribution < -0.4 is 10.7 Å². The normalized spacial score (nSPS) is 22.1. The molecule has 1 aromatic carbocycles. The van der Waals surface area contributed by atoms with Crippen molar-refractivity contribution in [2.45, 2.75) is 111 Å². The Labute approximate surface area is 380 Å². The van der Waals surface area contributed by atoms with Gasteiger partial charge in [0.05, 0.1) is 34.8 Å². The van der Waals surface area contributed by atoms with Crippen molar-refractivity contribution in [1.82, 2.24) is 40.1 Å². The van der Waals surface area contributed by atoms with Crippen LogP contribution in [0.4, 0.5) is 4.79 Å². The third-order valence-corrected chi connectivity index (χ3v) is 14.5. The number of fused-ring (bicyclic) bond motifs is 6. The lowest BCUT2D eigenvalue weighted by atomic mass is 9.73. The molecule has 7 heterocycles. The van der Waals surface area contributed by atoms with Gasteiger partial charge in [0.1, 0.15) is 18.1 Å². The van der Waals surface area contributed by atoms with Crippen LogP contribution in [0.3, 0.4) is 0 Å². The van der Waals surface area contributed by atoms with E-state index in [-0.39, 0.29) is 42.4 Å². The van der Waals surface area contributed by atoms with E-state index in [1.54, 1.807) is 25.3 Å². The predicted octanol–water partition coefficient (Wildman–Crippen LogP) is 6.39. The molecule has 0 saturated carbocycles. The average Bonchev–Trinajstić information content (AvgIpc) is 3.87. The fraction of sp³-hybridized carbons (Fsp3) is 0.583. The highest BCUT2D eigenvalue weighted by atomic mass is 32.1. The molecule has 3 aromatic heterocycles. The van der Waals surface area contributed by atoms with Gasteiger partial charge in [0.25, 0.3) is 5.91 Å². The minimum Gasteiger partial charge on any atom is -0.464 e. The summed E-state index contributed by atoms with van der Waals surface area (Å²) in [6.07, 6.45) is 5.14. The highest BCUT2D eigenvalue weighted by Crippen LogP contribution is 2.43. The number of carbonyl (C=O) groups excluding carboxylic acids is 4. The second-order valence-electron chi connectivity index (χ2n) is 19.3. The van der Waals surface area contributed by atoms with Crippen LogP contribution in [-0.4, -0.2) is 125 Å². The van der Waals surface area contributed by atoms with Crippen LogP contribution in [0.2, 0.25) is 0 Å². The number of nitrogens with zero attached hydrogens (tertiary/aromatic N) is 6.